The fourth-order valence-electron chi connectivity index (χ4n) is 13.3. The Balaban J connectivity index is 0.891. The minimum absolute atomic E-state index is 0.0116. The summed E-state index contributed by atoms with van der Waals surface area (Å²) in [5.41, 5.74) is 3.59. The number of ether oxygens (including phenoxy) is 13. The van der Waals surface area contributed by atoms with E-state index in [-0.39, 0.29) is 93.7 Å². The van der Waals surface area contributed by atoms with Crippen molar-refractivity contribution in [2.45, 2.75) is 194 Å². The number of methoxy groups -OCH3 is 2. The van der Waals surface area contributed by atoms with Gasteiger partial charge in [-0.3, -0.25) is 4.79 Å². The molecular formula is C57H70O17. The molecule has 10 aliphatic rings. The molecule has 1 spiro atoms. The van der Waals surface area contributed by atoms with Gasteiger partial charge >= 0.3 is 17.9 Å². The minimum atomic E-state index is -0.966. The van der Waals surface area contributed by atoms with Gasteiger partial charge in [-0.15, -0.1) is 0 Å². The van der Waals surface area contributed by atoms with Crippen molar-refractivity contribution in [2.24, 2.45) is 5.92 Å². The maximum Gasteiger partial charge on any atom is 0.338 e. The first-order valence-corrected chi connectivity index (χ1v) is 26.7. The van der Waals surface area contributed by atoms with Gasteiger partial charge in [-0.25, -0.2) is 14.4 Å². The lowest BCUT2D eigenvalue weighted by molar-refractivity contribution is -0.292. The van der Waals surface area contributed by atoms with Crippen molar-refractivity contribution in [2.75, 3.05) is 34.0 Å². The lowest BCUT2D eigenvalue weighted by Crippen LogP contribution is -2.61. The third-order valence-corrected chi connectivity index (χ3v) is 16.8. The molecule has 0 aromatic heterocycles. The van der Waals surface area contributed by atoms with Crippen LogP contribution in [0, 0.1) is 5.92 Å². The molecule has 12 rings (SSSR count). The molecule has 74 heavy (non-hydrogen) atoms. The number of hydrogen-bond donors (Lipinski definition) is 0. The Morgan fingerprint density at radius 3 is 2.15 bits per heavy atom. The number of carbonyl (C=O) groups is 4. The van der Waals surface area contributed by atoms with Crippen LogP contribution in [0.2, 0.25) is 0 Å². The van der Waals surface area contributed by atoms with E-state index in [9.17, 15) is 19.2 Å². The fourth-order valence-corrected chi connectivity index (χ4v) is 13.3. The first kappa shape index (κ1) is 51.7. The van der Waals surface area contributed by atoms with Crippen molar-refractivity contribution in [3.05, 3.63) is 95.1 Å². The molecule has 0 saturated carbocycles. The first-order valence-electron chi connectivity index (χ1n) is 26.7. The number of rotatable bonds is 12. The molecule has 0 aliphatic carbocycles. The van der Waals surface area contributed by atoms with E-state index < -0.39 is 78.4 Å². The summed E-state index contributed by atoms with van der Waals surface area (Å²) in [4.78, 5) is 54.5. The number of hydrogen-bond acceptors (Lipinski definition) is 17. The summed E-state index contributed by atoms with van der Waals surface area (Å²) in [5.74, 6) is -3.08. The summed E-state index contributed by atoms with van der Waals surface area (Å²) >= 11 is 0. The van der Waals surface area contributed by atoms with E-state index in [0.717, 1.165) is 29.6 Å². The highest BCUT2D eigenvalue weighted by Crippen LogP contribution is 2.54. The highest BCUT2D eigenvalue weighted by Gasteiger charge is 2.69. The highest BCUT2D eigenvalue weighted by atomic mass is 16.8. The van der Waals surface area contributed by atoms with E-state index in [4.69, 9.17) is 61.6 Å². The third-order valence-electron chi connectivity index (χ3n) is 16.8. The van der Waals surface area contributed by atoms with Crippen LogP contribution in [0.25, 0.3) is 0 Å². The molecule has 0 radical (unpaired) electrons. The van der Waals surface area contributed by atoms with Crippen LogP contribution in [0.4, 0.5) is 0 Å². The summed E-state index contributed by atoms with van der Waals surface area (Å²) in [6.45, 7) is 6.03. The van der Waals surface area contributed by atoms with Crippen LogP contribution >= 0.6 is 0 Å². The van der Waals surface area contributed by atoms with Crippen LogP contribution in [-0.4, -0.2) is 161 Å². The molecule has 17 heteroatoms. The predicted octanol–water partition coefficient (Wildman–Crippen LogP) is 6.51. The molecule has 0 amide bonds. The quantitative estimate of drug-likeness (QED) is 0.127. The van der Waals surface area contributed by atoms with E-state index in [1.54, 1.807) is 67.8 Å². The van der Waals surface area contributed by atoms with E-state index in [1.807, 2.05) is 6.92 Å². The molecule has 9 fully saturated rings. The second-order valence-electron chi connectivity index (χ2n) is 21.8. The van der Waals surface area contributed by atoms with Gasteiger partial charge in [0.1, 0.15) is 62.2 Å². The predicted molar refractivity (Wildman–Crippen MR) is 261 cm³/mol. The van der Waals surface area contributed by atoms with Gasteiger partial charge in [0.2, 0.25) is 0 Å². The Kier molecular flexibility index (Phi) is 15.6. The highest BCUT2D eigenvalue weighted by molar-refractivity contribution is 5.90. The lowest BCUT2D eigenvalue weighted by atomic mass is 9.83. The molecule has 2 aromatic carbocycles. The van der Waals surface area contributed by atoms with E-state index in [2.05, 4.69) is 6.58 Å². The summed E-state index contributed by atoms with van der Waals surface area (Å²) < 4.78 is 84.1. The largest absolute Gasteiger partial charge is 0.459 e. The van der Waals surface area contributed by atoms with Crippen LogP contribution in [0.15, 0.2) is 84.0 Å². The summed E-state index contributed by atoms with van der Waals surface area (Å²) in [6, 6.07) is 17.2. The average molecular weight is 1030 g/mol. The molecule has 400 valence electrons. The van der Waals surface area contributed by atoms with Crippen molar-refractivity contribution in [3.63, 3.8) is 0 Å². The zero-order valence-electron chi connectivity index (χ0n) is 42.5. The number of carbonyl (C=O) groups excluding carboxylic acids is 4. The minimum Gasteiger partial charge on any atom is -0.459 e. The fraction of sp³-hybridized carbons (Fsp3) is 0.649. The van der Waals surface area contributed by atoms with Gasteiger partial charge < -0.3 is 61.6 Å². The standard InChI is InChI=1S/C57H70O17/c1-31-21-36-15-17-42-32(2)22-38(66-42)19-20-57-27-47-51(73-57)52-53(72-47)54(74-57)50-43(71-52)18-16-37(68-50)23-35(58)24-40-44(26-45(67-36)41(31)29-64-48(59)30-62-3)70-46(49(40)63-4)25-39(69-56(61)34-13-9-6-10-14-34)28-65-55(60)33-11-7-5-8-12-33/h5-14,36-40,42-47,49-54H,2,15-30H2,1,3-4H3/t36?,37?,38?,39?,40?,42-,43?,44-,45?,46+,47?,49+,50-,51?,52-,53?,54-,57-/m0/s1. The molecule has 2 aromatic rings. The lowest BCUT2D eigenvalue weighted by Gasteiger charge is -2.47. The van der Waals surface area contributed by atoms with Crippen molar-refractivity contribution in [3.8, 4) is 0 Å². The number of esters is 3. The number of ketones is 1. The maximum atomic E-state index is 14.7. The number of fused-ring (bicyclic) bond motifs is 6. The molecule has 12 bridgehead atoms. The zero-order chi connectivity index (χ0) is 51.1. The molecule has 10 aliphatic heterocycles. The summed E-state index contributed by atoms with van der Waals surface area (Å²) in [7, 11) is 3.03. The van der Waals surface area contributed by atoms with Crippen molar-refractivity contribution >= 4 is 23.7 Å². The van der Waals surface area contributed by atoms with Crippen molar-refractivity contribution in [1.29, 1.82) is 0 Å². The van der Waals surface area contributed by atoms with E-state index >= 15 is 0 Å². The van der Waals surface area contributed by atoms with Crippen LogP contribution in [0.3, 0.4) is 0 Å². The molecule has 10 unspecified atom stereocenters. The van der Waals surface area contributed by atoms with Crippen molar-refractivity contribution < 1.29 is 80.8 Å². The van der Waals surface area contributed by atoms with Gasteiger partial charge in [0, 0.05) is 58.7 Å². The van der Waals surface area contributed by atoms with E-state index in [0.29, 0.717) is 62.5 Å². The Bertz CT molecular complexity index is 2390. The normalized spacial score (nSPS) is 39.0. The van der Waals surface area contributed by atoms with Crippen molar-refractivity contribution in [1.82, 2.24) is 0 Å². The zero-order valence-corrected chi connectivity index (χ0v) is 42.5. The molecule has 17 nitrogen and oxygen atoms in total. The van der Waals surface area contributed by atoms with Crippen LogP contribution in [-0.2, 0) is 71.2 Å². The van der Waals surface area contributed by atoms with Gasteiger partial charge in [0.25, 0.3) is 0 Å². The van der Waals surface area contributed by atoms with Gasteiger partial charge in [0.15, 0.2) is 5.79 Å². The van der Waals surface area contributed by atoms with Gasteiger partial charge in [-0.2, -0.15) is 0 Å². The Hall–Kier alpha value is -4.40. The monoisotopic (exact) mass is 1030 g/mol. The molecular weight excluding hydrogens is 957 g/mol. The smallest absolute Gasteiger partial charge is 0.338 e. The maximum absolute atomic E-state index is 14.7. The Morgan fingerprint density at radius 2 is 1.38 bits per heavy atom. The molecule has 10 heterocycles. The number of benzene rings is 2. The first-order chi connectivity index (χ1) is 35.9. The molecule has 9 saturated heterocycles. The average Bonchev–Trinajstić information content (AvgIpc) is 4.09. The third kappa shape index (κ3) is 10.9. The molecule has 0 N–H and O–H groups in total. The summed E-state index contributed by atoms with van der Waals surface area (Å²) in [5, 5.41) is 0. The Labute approximate surface area is 432 Å². The second kappa shape index (κ2) is 22.3. The van der Waals surface area contributed by atoms with Crippen LogP contribution in [0.5, 0.6) is 0 Å². The molecule has 18 atom stereocenters. The van der Waals surface area contributed by atoms with E-state index in [1.165, 1.54) is 7.11 Å². The van der Waals surface area contributed by atoms with Gasteiger partial charge in [-0.05, 0) is 87.3 Å². The Morgan fingerprint density at radius 1 is 0.689 bits per heavy atom. The second-order valence-corrected chi connectivity index (χ2v) is 21.8. The number of Topliss-reactive ketones (excluding diaryl/α,β-unsaturated/α-hetero) is 1. The topological polar surface area (TPSA) is 188 Å². The van der Waals surface area contributed by atoms with Crippen LogP contribution < -0.4 is 0 Å². The van der Waals surface area contributed by atoms with Gasteiger partial charge in [-0.1, -0.05) is 48.6 Å². The van der Waals surface area contributed by atoms with Gasteiger partial charge in [0.05, 0.1) is 72.2 Å². The van der Waals surface area contributed by atoms with Crippen LogP contribution in [0.1, 0.15) is 111 Å². The SMILES string of the molecule is C=C1CC2CC[C@@]34CC5OC6[C@@H](OC7CCC(CC(=O)CC8[C@H](CC9OC(CC[C@@H]1O2)CC(C)=C9COC(=O)COC)O[C@H](CC(COC(=O)c1ccccc1)OC(=O)c1ccccc1)[C@@H]8OC)O[C@@H]7[C@@H]6O3)C5O4. The summed E-state index contributed by atoms with van der Waals surface area (Å²) in [6.07, 6.45) is 0.0812.